The van der Waals surface area contributed by atoms with Crippen molar-refractivity contribution in [2.75, 3.05) is 6.61 Å². The molecule has 2 amide bonds. The van der Waals surface area contributed by atoms with Gasteiger partial charge in [-0.25, -0.2) is 0 Å². The molecule has 1 aliphatic carbocycles. The first-order chi connectivity index (χ1) is 17.4. The summed E-state index contributed by atoms with van der Waals surface area (Å²) in [5.74, 6) is 1.62. The highest BCUT2D eigenvalue weighted by Gasteiger charge is 2.48. The minimum absolute atomic E-state index is 0.106. The number of carbonyl (C=O) groups is 2. The molecule has 0 radical (unpaired) electrons. The third-order valence-corrected chi connectivity index (χ3v) is 7.77. The SMILES string of the molecule is CCOc1ccc(CN2C(=O)c3ccc(-c4ccco4)n3C[C@]2(C)C(=O)N[C@@H]2CCCC[C@@H]2C)cc1. The Morgan fingerprint density at radius 2 is 1.86 bits per heavy atom. The molecule has 5 rings (SSSR count). The molecule has 1 aromatic carbocycles. The zero-order valence-electron chi connectivity index (χ0n) is 21.3. The van der Waals surface area contributed by atoms with Crippen LogP contribution in [-0.2, 0) is 17.9 Å². The van der Waals surface area contributed by atoms with E-state index in [0.29, 0.717) is 37.1 Å². The van der Waals surface area contributed by atoms with E-state index in [9.17, 15) is 9.59 Å². The summed E-state index contributed by atoms with van der Waals surface area (Å²) >= 11 is 0. The average Bonchev–Trinajstić information content (AvgIpc) is 3.54. The van der Waals surface area contributed by atoms with Gasteiger partial charge in [-0.2, -0.15) is 0 Å². The maximum Gasteiger partial charge on any atom is 0.271 e. The lowest BCUT2D eigenvalue weighted by molar-refractivity contribution is -0.134. The summed E-state index contributed by atoms with van der Waals surface area (Å²) in [5, 5.41) is 3.33. The number of nitrogens with one attached hydrogen (secondary N) is 1. The number of nitrogens with zero attached hydrogens (tertiary/aromatic N) is 2. The molecule has 36 heavy (non-hydrogen) atoms. The van der Waals surface area contributed by atoms with E-state index < -0.39 is 5.54 Å². The van der Waals surface area contributed by atoms with Gasteiger partial charge in [-0.3, -0.25) is 9.59 Å². The van der Waals surface area contributed by atoms with Gasteiger partial charge >= 0.3 is 0 Å². The van der Waals surface area contributed by atoms with Crippen molar-refractivity contribution >= 4 is 11.8 Å². The minimum Gasteiger partial charge on any atom is -0.494 e. The van der Waals surface area contributed by atoms with Gasteiger partial charge in [0.15, 0.2) is 0 Å². The first-order valence-corrected chi connectivity index (χ1v) is 13.0. The Kier molecular flexibility index (Phi) is 6.65. The van der Waals surface area contributed by atoms with Crippen LogP contribution in [0.15, 0.2) is 59.2 Å². The highest BCUT2D eigenvalue weighted by atomic mass is 16.5. The number of hydrogen-bond acceptors (Lipinski definition) is 4. The van der Waals surface area contributed by atoms with Gasteiger partial charge in [-0.05, 0) is 74.6 Å². The van der Waals surface area contributed by atoms with E-state index in [1.165, 1.54) is 6.42 Å². The smallest absolute Gasteiger partial charge is 0.271 e. The molecule has 7 heteroatoms. The summed E-state index contributed by atoms with van der Waals surface area (Å²) in [6, 6.07) is 15.3. The quantitative estimate of drug-likeness (QED) is 0.491. The summed E-state index contributed by atoms with van der Waals surface area (Å²) in [7, 11) is 0. The normalized spacial score (nSPS) is 23.9. The fraction of sp³-hybridized carbons (Fsp3) is 0.448. The lowest BCUT2D eigenvalue weighted by Crippen LogP contribution is -2.65. The van der Waals surface area contributed by atoms with Crippen molar-refractivity contribution in [2.45, 2.75) is 71.1 Å². The predicted octanol–water partition coefficient (Wildman–Crippen LogP) is 5.26. The number of fused-ring (bicyclic) bond motifs is 1. The zero-order valence-corrected chi connectivity index (χ0v) is 21.3. The van der Waals surface area contributed by atoms with Crippen LogP contribution in [0.5, 0.6) is 5.75 Å². The lowest BCUT2D eigenvalue weighted by atomic mass is 9.85. The molecule has 1 saturated carbocycles. The topological polar surface area (TPSA) is 76.7 Å². The highest BCUT2D eigenvalue weighted by Crippen LogP contribution is 2.35. The number of carbonyl (C=O) groups excluding carboxylic acids is 2. The van der Waals surface area contributed by atoms with Crippen LogP contribution in [0.3, 0.4) is 0 Å². The maximum absolute atomic E-state index is 14.0. The molecule has 0 saturated heterocycles. The van der Waals surface area contributed by atoms with E-state index in [-0.39, 0.29) is 17.9 Å². The molecular weight excluding hydrogens is 454 g/mol. The molecule has 1 aliphatic heterocycles. The van der Waals surface area contributed by atoms with E-state index in [4.69, 9.17) is 9.15 Å². The first-order valence-electron chi connectivity index (χ1n) is 13.0. The summed E-state index contributed by atoms with van der Waals surface area (Å²) in [4.78, 5) is 29.6. The number of hydrogen-bond donors (Lipinski definition) is 1. The molecule has 1 N–H and O–H groups in total. The molecule has 2 aromatic heterocycles. The number of benzene rings is 1. The van der Waals surface area contributed by atoms with Gasteiger partial charge in [0.05, 0.1) is 25.1 Å². The number of rotatable bonds is 7. The average molecular weight is 490 g/mol. The van der Waals surface area contributed by atoms with Crippen LogP contribution in [0.1, 0.15) is 62.5 Å². The molecule has 3 heterocycles. The Labute approximate surface area is 212 Å². The van der Waals surface area contributed by atoms with Crippen LogP contribution < -0.4 is 10.1 Å². The summed E-state index contributed by atoms with van der Waals surface area (Å²) < 4.78 is 13.1. The standard InChI is InChI=1S/C29H35N3O4/c1-4-35-22-13-11-21(12-14-22)18-32-27(33)25-16-15-24(26-10-7-17-36-26)31(25)19-29(32,3)28(34)30-23-9-6-5-8-20(23)2/h7,10-17,20,23H,4-6,8-9,18-19H2,1-3H3,(H,30,34)/t20-,23+,29+/m0/s1. The van der Waals surface area contributed by atoms with Gasteiger partial charge in [0.1, 0.15) is 22.7 Å². The molecule has 1 fully saturated rings. The number of furan rings is 1. The number of ether oxygens (including phenoxy) is 1. The predicted molar refractivity (Wildman–Crippen MR) is 138 cm³/mol. The Morgan fingerprint density at radius 1 is 1.11 bits per heavy atom. The molecule has 3 atom stereocenters. The van der Waals surface area contributed by atoms with Crippen molar-refractivity contribution < 1.29 is 18.7 Å². The van der Waals surface area contributed by atoms with Gasteiger partial charge in [0, 0.05) is 12.6 Å². The van der Waals surface area contributed by atoms with Crippen LogP contribution in [0.2, 0.25) is 0 Å². The highest BCUT2D eigenvalue weighted by molar-refractivity contribution is 6.00. The molecule has 7 nitrogen and oxygen atoms in total. The third kappa shape index (κ3) is 4.43. The van der Waals surface area contributed by atoms with Gasteiger partial charge < -0.3 is 23.9 Å². The molecule has 2 aliphatic rings. The fourth-order valence-electron chi connectivity index (χ4n) is 5.56. The van der Waals surface area contributed by atoms with Crippen molar-refractivity contribution in [1.29, 1.82) is 0 Å². The second-order valence-electron chi connectivity index (χ2n) is 10.3. The number of aromatic nitrogens is 1. The van der Waals surface area contributed by atoms with E-state index in [1.54, 1.807) is 11.2 Å². The largest absolute Gasteiger partial charge is 0.494 e. The second kappa shape index (κ2) is 9.88. The van der Waals surface area contributed by atoms with Crippen LogP contribution >= 0.6 is 0 Å². The molecule has 3 aromatic rings. The number of amides is 2. The maximum atomic E-state index is 14.0. The minimum atomic E-state index is -1.07. The summed E-state index contributed by atoms with van der Waals surface area (Å²) in [6.45, 7) is 7.31. The van der Waals surface area contributed by atoms with Gasteiger partial charge in [0.2, 0.25) is 5.91 Å². The summed E-state index contributed by atoms with van der Waals surface area (Å²) in [6.07, 6.45) is 6.02. The lowest BCUT2D eigenvalue weighted by Gasteiger charge is -2.45. The van der Waals surface area contributed by atoms with E-state index in [2.05, 4.69) is 12.2 Å². The fourth-order valence-corrected chi connectivity index (χ4v) is 5.56. The second-order valence-corrected chi connectivity index (χ2v) is 10.3. The Balaban J connectivity index is 1.50. The van der Waals surface area contributed by atoms with E-state index in [0.717, 1.165) is 36.3 Å². The first kappa shape index (κ1) is 24.2. The van der Waals surface area contributed by atoms with Crippen LogP contribution in [0, 0.1) is 5.92 Å². The van der Waals surface area contributed by atoms with Crippen molar-refractivity contribution in [3.63, 3.8) is 0 Å². The van der Waals surface area contributed by atoms with Crippen LogP contribution in [0.25, 0.3) is 11.5 Å². The van der Waals surface area contributed by atoms with Gasteiger partial charge in [0.25, 0.3) is 5.91 Å². The zero-order chi connectivity index (χ0) is 25.3. The molecular formula is C29H35N3O4. The molecule has 190 valence electrons. The third-order valence-electron chi connectivity index (χ3n) is 7.77. The van der Waals surface area contributed by atoms with E-state index in [1.807, 2.05) is 66.9 Å². The Hall–Kier alpha value is -3.48. The molecule has 0 spiro atoms. The van der Waals surface area contributed by atoms with Crippen molar-refractivity contribution in [3.8, 4) is 17.2 Å². The molecule has 0 bridgehead atoms. The van der Waals surface area contributed by atoms with Crippen molar-refractivity contribution in [3.05, 3.63) is 66.1 Å². The summed E-state index contributed by atoms with van der Waals surface area (Å²) in [5.41, 5.74) is 1.24. The monoisotopic (exact) mass is 489 g/mol. The van der Waals surface area contributed by atoms with Gasteiger partial charge in [-0.15, -0.1) is 0 Å². The molecule has 0 unspecified atom stereocenters. The Morgan fingerprint density at radius 3 is 2.56 bits per heavy atom. The Bertz CT molecular complexity index is 1210. The van der Waals surface area contributed by atoms with E-state index >= 15 is 0 Å². The van der Waals surface area contributed by atoms with Crippen LogP contribution in [-0.4, -0.2) is 39.5 Å². The van der Waals surface area contributed by atoms with Gasteiger partial charge in [-0.1, -0.05) is 31.9 Å². The van der Waals surface area contributed by atoms with Crippen molar-refractivity contribution in [1.82, 2.24) is 14.8 Å². The van der Waals surface area contributed by atoms with Crippen molar-refractivity contribution in [2.24, 2.45) is 5.92 Å². The van der Waals surface area contributed by atoms with Crippen LogP contribution in [0.4, 0.5) is 0 Å².